The number of hydrogen-bond acceptors (Lipinski definition) is 5. The molecule has 0 saturated carbocycles. The van der Waals surface area contributed by atoms with E-state index in [2.05, 4.69) is 0 Å². The minimum absolute atomic E-state index is 0.0360. The lowest BCUT2D eigenvalue weighted by atomic mass is 10.0. The quantitative estimate of drug-likeness (QED) is 0.279. The third-order valence-corrected chi connectivity index (χ3v) is 5.08. The first-order valence-corrected chi connectivity index (χ1v) is 9.79. The second-order valence-corrected chi connectivity index (χ2v) is 7.22. The van der Waals surface area contributed by atoms with Crippen molar-refractivity contribution in [2.24, 2.45) is 0 Å². The number of halogens is 3. The molecule has 0 spiro atoms. The fourth-order valence-electron chi connectivity index (χ4n) is 3.42. The highest BCUT2D eigenvalue weighted by atomic mass is 19.4. The van der Waals surface area contributed by atoms with Gasteiger partial charge in [0.1, 0.15) is 17.1 Å². The number of carbonyl (C=O) groups excluding carboxylic acids is 1. The van der Waals surface area contributed by atoms with Gasteiger partial charge in [0.2, 0.25) is 11.2 Å². The predicted octanol–water partition coefficient (Wildman–Crippen LogP) is 6.02. The van der Waals surface area contributed by atoms with E-state index in [1.54, 1.807) is 31.2 Å². The van der Waals surface area contributed by atoms with E-state index in [9.17, 15) is 22.8 Å². The van der Waals surface area contributed by atoms with Crippen molar-refractivity contribution in [3.05, 3.63) is 93.8 Å². The van der Waals surface area contributed by atoms with Crippen molar-refractivity contribution in [2.45, 2.75) is 13.1 Å². The summed E-state index contributed by atoms with van der Waals surface area (Å²) in [4.78, 5) is 25.5. The number of fused-ring (bicyclic) bond motifs is 1. The molecular weight excluding hydrogens is 437 g/mol. The summed E-state index contributed by atoms with van der Waals surface area (Å²) in [5.74, 6) is -1.74. The van der Waals surface area contributed by atoms with Crippen LogP contribution in [0.25, 0.3) is 22.1 Å². The van der Waals surface area contributed by atoms with Crippen LogP contribution in [0.5, 0.6) is 11.5 Å². The van der Waals surface area contributed by atoms with Crippen LogP contribution in [-0.4, -0.2) is 13.1 Å². The Morgan fingerprint density at radius 1 is 0.939 bits per heavy atom. The number of methoxy groups -OCH3 is 1. The largest absolute Gasteiger partial charge is 0.497 e. The molecule has 0 fully saturated rings. The van der Waals surface area contributed by atoms with Crippen molar-refractivity contribution < 1.29 is 31.9 Å². The van der Waals surface area contributed by atoms with Gasteiger partial charge in [-0.2, -0.15) is 13.2 Å². The van der Waals surface area contributed by atoms with Gasteiger partial charge in [-0.05, 0) is 48.4 Å². The van der Waals surface area contributed by atoms with Crippen molar-refractivity contribution in [3.8, 4) is 22.6 Å². The van der Waals surface area contributed by atoms with Crippen molar-refractivity contribution in [2.75, 3.05) is 7.11 Å². The lowest BCUT2D eigenvalue weighted by molar-refractivity contribution is -0.152. The summed E-state index contributed by atoms with van der Waals surface area (Å²) in [5.41, 5.74) is -0.787. The van der Waals surface area contributed by atoms with Gasteiger partial charge in [-0.3, -0.25) is 4.79 Å². The standard InChI is InChI=1S/C25H17F3O5/c1-14-5-3-4-6-18(14)24(30)32-17-11-12-19-20(13-17)33-23(25(26,27)28)21(22(19)29)15-7-9-16(31-2)10-8-15/h3-13H,1-2H3. The van der Waals surface area contributed by atoms with Crippen LogP contribution in [0.15, 0.2) is 75.9 Å². The number of esters is 1. The van der Waals surface area contributed by atoms with Gasteiger partial charge in [0, 0.05) is 6.07 Å². The summed E-state index contributed by atoms with van der Waals surface area (Å²) in [6.45, 7) is 1.73. The molecule has 0 unspecified atom stereocenters. The summed E-state index contributed by atoms with van der Waals surface area (Å²) >= 11 is 0. The Bertz CT molecular complexity index is 1400. The van der Waals surface area contributed by atoms with E-state index in [1.165, 1.54) is 43.5 Å². The first-order chi connectivity index (χ1) is 15.7. The zero-order chi connectivity index (χ0) is 23.8. The van der Waals surface area contributed by atoms with Crippen LogP contribution in [0.3, 0.4) is 0 Å². The molecule has 0 aliphatic rings. The molecule has 0 aliphatic heterocycles. The summed E-state index contributed by atoms with van der Waals surface area (Å²) < 4.78 is 56.9. The first-order valence-electron chi connectivity index (χ1n) is 9.79. The van der Waals surface area contributed by atoms with E-state index in [4.69, 9.17) is 13.9 Å². The highest BCUT2D eigenvalue weighted by molar-refractivity contribution is 5.93. The molecule has 33 heavy (non-hydrogen) atoms. The van der Waals surface area contributed by atoms with Crippen LogP contribution in [0.2, 0.25) is 0 Å². The Kier molecular flexibility index (Phi) is 5.68. The third kappa shape index (κ3) is 4.32. The zero-order valence-corrected chi connectivity index (χ0v) is 17.5. The maximum Gasteiger partial charge on any atom is 0.450 e. The van der Waals surface area contributed by atoms with Gasteiger partial charge >= 0.3 is 12.1 Å². The molecule has 4 rings (SSSR count). The van der Waals surface area contributed by atoms with Crippen LogP contribution in [0.4, 0.5) is 13.2 Å². The summed E-state index contributed by atoms with van der Waals surface area (Å²) in [7, 11) is 1.42. The zero-order valence-electron chi connectivity index (χ0n) is 17.5. The maximum absolute atomic E-state index is 13.8. The molecule has 1 heterocycles. The van der Waals surface area contributed by atoms with Crippen molar-refractivity contribution in [1.82, 2.24) is 0 Å². The molecule has 0 bridgehead atoms. The van der Waals surface area contributed by atoms with Crippen LogP contribution < -0.4 is 14.9 Å². The lowest BCUT2D eigenvalue weighted by Crippen LogP contribution is -2.16. The van der Waals surface area contributed by atoms with Crippen molar-refractivity contribution in [3.63, 3.8) is 0 Å². The van der Waals surface area contributed by atoms with E-state index in [0.717, 1.165) is 6.07 Å². The molecule has 0 amide bonds. The summed E-state index contributed by atoms with van der Waals surface area (Å²) in [6, 6.07) is 16.0. The molecule has 168 valence electrons. The summed E-state index contributed by atoms with van der Waals surface area (Å²) in [6.07, 6.45) is -4.93. The minimum Gasteiger partial charge on any atom is -0.497 e. The topological polar surface area (TPSA) is 65.7 Å². The molecule has 0 saturated heterocycles. The second-order valence-electron chi connectivity index (χ2n) is 7.22. The average molecular weight is 454 g/mol. The Hall–Kier alpha value is -4.07. The van der Waals surface area contributed by atoms with Crippen molar-refractivity contribution >= 4 is 16.9 Å². The SMILES string of the molecule is COc1ccc(-c2c(C(F)(F)F)oc3cc(OC(=O)c4ccccc4C)ccc3c2=O)cc1. The average Bonchev–Trinajstić information content (AvgIpc) is 2.78. The van der Waals surface area contributed by atoms with Crippen LogP contribution in [0, 0.1) is 6.92 Å². The number of rotatable bonds is 4. The first kappa shape index (κ1) is 22.1. The number of alkyl halides is 3. The summed E-state index contributed by atoms with van der Waals surface area (Å²) in [5, 5.41) is -0.0792. The Morgan fingerprint density at radius 3 is 2.24 bits per heavy atom. The fraction of sp³-hybridized carbons (Fsp3) is 0.120. The van der Waals surface area contributed by atoms with Crippen LogP contribution in [-0.2, 0) is 6.18 Å². The van der Waals surface area contributed by atoms with E-state index >= 15 is 0 Å². The van der Waals surface area contributed by atoms with Crippen molar-refractivity contribution in [1.29, 1.82) is 0 Å². The molecule has 0 radical (unpaired) electrons. The highest BCUT2D eigenvalue weighted by Crippen LogP contribution is 2.38. The Balaban J connectivity index is 1.82. The minimum atomic E-state index is -4.93. The molecule has 0 atom stereocenters. The van der Waals surface area contributed by atoms with Gasteiger partial charge < -0.3 is 13.9 Å². The Morgan fingerprint density at radius 2 is 1.61 bits per heavy atom. The van der Waals surface area contributed by atoms with Gasteiger partial charge in [-0.25, -0.2) is 4.79 Å². The molecular formula is C25H17F3O5. The lowest BCUT2D eigenvalue weighted by Gasteiger charge is -2.13. The van der Waals surface area contributed by atoms with E-state index < -0.39 is 28.9 Å². The normalized spacial score (nSPS) is 11.4. The monoisotopic (exact) mass is 454 g/mol. The smallest absolute Gasteiger partial charge is 0.450 e. The van der Waals surface area contributed by atoms with Gasteiger partial charge in [0.25, 0.3) is 0 Å². The molecule has 0 aliphatic carbocycles. The number of ether oxygens (including phenoxy) is 2. The fourth-order valence-corrected chi connectivity index (χ4v) is 3.42. The molecule has 3 aromatic carbocycles. The van der Waals surface area contributed by atoms with E-state index in [-0.39, 0.29) is 22.3 Å². The number of aryl methyl sites for hydroxylation is 1. The van der Waals surface area contributed by atoms with E-state index in [0.29, 0.717) is 16.9 Å². The third-order valence-electron chi connectivity index (χ3n) is 5.08. The van der Waals surface area contributed by atoms with Crippen LogP contribution >= 0.6 is 0 Å². The second kappa shape index (κ2) is 8.46. The maximum atomic E-state index is 13.8. The van der Waals surface area contributed by atoms with Gasteiger partial charge in [-0.1, -0.05) is 30.3 Å². The molecule has 0 N–H and O–H groups in total. The van der Waals surface area contributed by atoms with Gasteiger partial charge in [0.15, 0.2) is 0 Å². The van der Waals surface area contributed by atoms with E-state index in [1.807, 2.05) is 0 Å². The van der Waals surface area contributed by atoms with Gasteiger partial charge in [0.05, 0.1) is 23.6 Å². The molecule has 1 aromatic heterocycles. The molecule has 8 heteroatoms. The molecule has 4 aromatic rings. The number of hydrogen-bond donors (Lipinski definition) is 0. The molecule has 5 nitrogen and oxygen atoms in total. The highest BCUT2D eigenvalue weighted by Gasteiger charge is 2.39. The Labute approximate surface area is 186 Å². The number of carbonyl (C=O) groups is 1. The number of benzene rings is 3. The van der Waals surface area contributed by atoms with Crippen LogP contribution in [0.1, 0.15) is 21.7 Å². The predicted molar refractivity (Wildman–Crippen MR) is 116 cm³/mol. The van der Waals surface area contributed by atoms with Gasteiger partial charge in [-0.15, -0.1) is 0 Å².